The van der Waals surface area contributed by atoms with E-state index in [1.54, 1.807) is 0 Å². The average molecular weight is 259 g/mol. The standard InChI is InChI=1S/C16H21NO2/c1-12(2)17-10-14-8-9-15(19-14)11-18-16-7-5-4-6-13(16)3/h4-9,12,17H,10-11H2,1-3H3. The molecule has 2 aromatic rings. The molecule has 0 fully saturated rings. The molecule has 0 aliphatic heterocycles. The van der Waals surface area contributed by atoms with Gasteiger partial charge in [-0.05, 0) is 30.7 Å². The second-order valence-corrected chi connectivity index (χ2v) is 4.96. The lowest BCUT2D eigenvalue weighted by Gasteiger charge is -2.07. The quantitative estimate of drug-likeness (QED) is 0.859. The Balaban J connectivity index is 1.88. The Labute approximate surface area is 114 Å². The molecule has 1 N–H and O–H groups in total. The van der Waals surface area contributed by atoms with Crippen LogP contribution in [0.5, 0.6) is 5.75 Å². The van der Waals surface area contributed by atoms with E-state index in [1.165, 1.54) is 0 Å². The van der Waals surface area contributed by atoms with E-state index in [2.05, 4.69) is 19.2 Å². The summed E-state index contributed by atoms with van der Waals surface area (Å²) < 4.78 is 11.5. The van der Waals surface area contributed by atoms with Crippen LogP contribution in [0.1, 0.15) is 30.9 Å². The van der Waals surface area contributed by atoms with Crippen LogP contribution in [0, 0.1) is 6.92 Å². The molecule has 0 atom stereocenters. The number of benzene rings is 1. The molecule has 0 aliphatic carbocycles. The van der Waals surface area contributed by atoms with E-state index in [-0.39, 0.29) is 0 Å². The van der Waals surface area contributed by atoms with Crippen LogP contribution in [0.2, 0.25) is 0 Å². The second-order valence-electron chi connectivity index (χ2n) is 4.96. The third-order valence-electron chi connectivity index (χ3n) is 2.87. The molecule has 102 valence electrons. The molecule has 0 saturated heterocycles. The molecule has 0 unspecified atom stereocenters. The molecule has 0 bridgehead atoms. The van der Waals surface area contributed by atoms with Gasteiger partial charge in [0.15, 0.2) is 0 Å². The molecule has 0 amide bonds. The molecule has 1 aromatic heterocycles. The number of aryl methyl sites for hydroxylation is 1. The van der Waals surface area contributed by atoms with Gasteiger partial charge >= 0.3 is 0 Å². The maximum absolute atomic E-state index is 5.75. The van der Waals surface area contributed by atoms with Crippen LogP contribution in [0.25, 0.3) is 0 Å². The highest BCUT2D eigenvalue weighted by Gasteiger charge is 2.04. The van der Waals surface area contributed by atoms with Gasteiger partial charge in [0.2, 0.25) is 0 Å². The van der Waals surface area contributed by atoms with Crippen molar-refractivity contribution in [1.29, 1.82) is 0 Å². The van der Waals surface area contributed by atoms with Crippen molar-refractivity contribution < 1.29 is 9.15 Å². The van der Waals surface area contributed by atoms with Crippen molar-refractivity contribution in [3.05, 3.63) is 53.5 Å². The molecule has 1 heterocycles. The van der Waals surface area contributed by atoms with Crippen LogP contribution in [0.15, 0.2) is 40.8 Å². The predicted octanol–water partition coefficient (Wildman–Crippen LogP) is 3.67. The largest absolute Gasteiger partial charge is 0.485 e. The number of ether oxygens (including phenoxy) is 1. The number of hydrogen-bond acceptors (Lipinski definition) is 3. The van der Waals surface area contributed by atoms with Gasteiger partial charge in [0, 0.05) is 6.04 Å². The van der Waals surface area contributed by atoms with Crippen molar-refractivity contribution in [3.63, 3.8) is 0 Å². The topological polar surface area (TPSA) is 34.4 Å². The van der Waals surface area contributed by atoms with Crippen LogP contribution in [-0.2, 0) is 13.2 Å². The number of furan rings is 1. The van der Waals surface area contributed by atoms with Crippen molar-refractivity contribution in [1.82, 2.24) is 5.32 Å². The molecule has 0 saturated carbocycles. The van der Waals surface area contributed by atoms with Crippen molar-refractivity contribution in [2.75, 3.05) is 0 Å². The summed E-state index contributed by atoms with van der Waals surface area (Å²) in [4.78, 5) is 0. The lowest BCUT2D eigenvalue weighted by Crippen LogP contribution is -2.21. The summed E-state index contributed by atoms with van der Waals surface area (Å²) in [5, 5.41) is 3.32. The highest BCUT2D eigenvalue weighted by atomic mass is 16.5. The monoisotopic (exact) mass is 259 g/mol. The summed E-state index contributed by atoms with van der Waals surface area (Å²) >= 11 is 0. The van der Waals surface area contributed by atoms with Gasteiger partial charge in [-0.15, -0.1) is 0 Å². The van der Waals surface area contributed by atoms with Crippen LogP contribution in [0.3, 0.4) is 0 Å². The highest BCUT2D eigenvalue weighted by molar-refractivity contribution is 5.31. The number of rotatable bonds is 6. The van der Waals surface area contributed by atoms with Crippen LogP contribution in [0.4, 0.5) is 0 Å². The van der Waals surface area contributed by atoms with Gasteiger partial charge in [-0.2, -0.15) is 0 Å². The van der Waals surface area contributed by atoms with Gasteiger partial charge in [0.1, 0.15) is 23.9 Å². The Morgan fingerprint density at radius 2 is 1.84 bits per heavy atom. The van der Waals surface area contributed by atoms with Crippen LogP contribution in [-0.4, -0.2) is 6.04 Å². The minimum Gasteiger partial charge on any atom is -0.485 e. The van der Waals surface area contributed by atoms with Crippen molar-refractivity contribution in [3.8, 4) is 5.75 Å². The third-order valence-corrected chi connectivity index (χ3v) is 2.87. The summed E-state index contributed by atoms with van der Waals surface area (Å²) in [6.45, 7) is 7.49. The molecule has 3 nitrogen and oxygen atoms in total. The lowest BCUT2D eigenvalue weighted by atomic mass is 10.2. The molecule has 3 heteroatoms. The first-order chi connectivity index (χ1) is 9.15. The van der Waals surface area contributed by atoms with Crippen molar-refractivity contribution in [2.45, 2.75) is 40.0 Å². The molecular formula is C16H21NO2. The molecular weight excluding hydrogens is 238 g/mol. The zero-order valence-corrected chi connectivity index (χ0v) is 11.8. The first-order valence-corrected chi connectivity index (χ1v) is 6.64. The fraction of sp³-hybridized carbons (Fsp3) is 0.375. The highest BCUT2D eigenvalue weighted by Crippen LogP contribution is 2.18. The fourth-order valence-electron chi connectivity index (χ4n) is 1.77. The summed E-state index contributed by atoms with van der Waals surface area (Å²) in [5.74, 6) is 2.70. The van der Waals surface area contributed by atoms with Crippen LogP contribution >= 0.6 is 0 Å². The summed E-state index contributed by atoms with van der Waals surface area (Å²) in [5.41, 5.74) is 1.13. The summed E-state index contributed by atoms with van der Waals surface area (Å²) in [7, 11) is 0. The Morgan fingerprint density at radius 3 is 2.58 bits per heavy atom. The molecule has 0 radical (unpaired) electrons. The van der Waals surface area contributed by atoms with Crippen LogP contribution < -0.4 is 10.1 Å². The predicted molar refractivity (Wildman–Crippen MR) is 76.2 cm³/mol. The maximum atomic E-state index is 5.75. The van der Waals surface area contributed by atoms with E-state index in [0.29, 0.717) is 12.6 Å². The van der Waals surface area contributed by atoms with Gasteiger partial charge in [0.05, 0.1) is 6.54 Å². The molecule has 0 spiro atoms. The Bertz CT molecular complexity index is 517. The smallest absolute Gasteiger partial charge is 0.146 e. The summed E-state index contributed by atoms with van der Waals surface area (Å²) in [6, 6.07) is 12.4. The van der Waals surface area contributed by atoms with Gasteiger partial charge < -0.3 is 14.5 Å². The maximum Gasteiger partial charge on any atom is 0.146 e. The Kier molecular flexibility index (Phi) is 4.63. The second kappa shape index (κ2) is 6.43. The lowest BCUT2D eigenvalue weighted by molar-refractivity contribution is 0.263. The van der Waals surface area contributed by atoms with E-state index < -0.39 is 0 Å². The van der Waals surface area contributed by atoms with E-state index in [1.807, 2.05) is 43.3 Å². The summed E-state index contributed by atoms with van der Waals surface area (Å²) in [6.07, 6.45) is 0. The van der Waals surface area contributed by atoms with Crippen molar-refractivity contribution >= 4 is 0 Å². The molecule has 0 aliphatic rings. The number of para-hydroxylation sites is 1. The van der Waals surface area contributed by atoms with E-state index >= 15 is 0 Å². The molecule has 1 aromatic carbocycles. The third kappa shape index (κ3) is 4.14. The average Bonchev–Trinajstić information content (AvgIpc) is 2.83. The minimum atomic E-state index is 0.455. The van der Waals surface area contributed by atoms with Gasteiger partial charge in [-0.3, -0.25) is 0 Å². The SMILES string of the molecule is Cc1ccccc1OCc1ccc(CNC(C)C)o1. The zero-order valence-electron chi connectivity index (χ0n) is 11.8. The molecule has 2 rings (SSSR count). The first-order valence-electron chi connectivity index (χ1n) is 6.64. The fourth-order valence-corrected chi connectivity index (χ4v) is 1.77. The Morgan fingerprint density at radius 1 is 1.11 bits per heavy atom. The Hall–Kier alpha value is -1.74. The van der Waals surface area contributed by atoms with Gasteiger partial charge in [-0.1, -0.05) is 32.0 Å². The minimum absolute atomic E-state index is 0.455. The van der Waals surface area contributed by atoms with Crippen molar-refractivity contribution in [2.24, 2.45) is 0 Å². The van der Waals surface area contributed by atoms with Gasteiger partial charge in [0.25, 0.3) is 0 Å². The van der Waals surface area contributed by atoms with E-state index in [9.17, 15) is 0 Å². The van der Waals surface area contributed by atoms with E-state index in [0.717, 1.165) is 29.4 Å². The first kappa shape index (κ1) is 13.7. The number of nitrogens with one attached hydrogen (secondary N) is 1. The zero-order chi connectivity index (χ0) is 13.7. The molecule has 19 heavy (non-hydrogen) atoms. The number of hydrogen-bond donors (Lipinski definition) is 1. The van der Waals surface area contributed by atoms with Gasteiger partial charge in [-0.25, -0.2) is 0 Å². The van der Waals surface area contributed by atoms with E-state index in [4.69, 9.17) is 9.15 Å². The normalized spacial score (nSPS) is 10.9.